The Balaban J connectivity index is 1.61. The molecule has 3 rings (SSSR count). The number of benzene rings is 2. The number of methoxy groups -OCH3 is 2. The third kappa shape index (κ3) is 4.30. The SMILES string of the molecule is CN=C(NCc1cccc(OC)c1OC)N1CCN(c2ccccc2F)CC1. The fourth-order valence-corrected chi connectivity index (χ4v) is 3.47. The van der Waals surface area contributed by atoms with Crippen molar-refractivity contribution in [1.82, 2.24) is 10.2 Å². The van der Waals surface area contributed by atoms with E-state index < -0.39 is 0 Å². The van der Waals surface area contributed by atoms with Gasteiger partial charge in [0.1, 0.15) is 5.82 Å². The highest BCUT2D eigenvalue weighted by molar-refractivity contribution is 5.80. The lowest BCUT2D eigenvalue weighted by molar-refractivity contribution is 0.350. The van der Waals surface area contributed by atoms with Crippen LogP contribution in [-0.4, -0.2) is 58.3 Å². The van der Waals surface area contributed by atoms with Gasteiger partial charge in [-0.3, -0.25) is 4.99 Å². The number of nitrogens with one attached hydrogen (secondary N) is 1. The maximum Gasteiger partial charge on any atom is 0.194 e. The van der Waals surface area contributed by atoms with E-state index in [1.165, 1.54) is 6.07 Å². The standard InChI is InChI=1S/C21H27FN4O2/c1-23-21(24-15-16-7-6-10-19(27-2)20(16)28-3)26-13-11-25(12-14-26)18-9-5-4-8-17(18)22/h4-10H,11-15H2,1-3H3,(H,23,24). The van der Waals surface area contributed by atoms with Gasteiger partial charge < -0.3 is 24.6 Å². The second-order valence-electron chi connectivity index (χ2n) is 6.48. The Bertz CT molecular complexity index is 820. The maximum atomic E-state index is 14.0. The number of hydrogen-bond acceptors (Lipinski definition) is 4. The maximum absolute atomic E-state index is 14.0. The summed E-state index contributed by atoms with van der Waals surface area (Å²) in [6, 6.07) is 12.7. The van der Waals surface area contributed by atoms with Gasteiger partial charge in [0.25, 0.3) is 0 Å². The minimum atomic E-state index is -0.177. The van der Waals surface area contributed by atoms with E-state index in [0.29, 0.717) is 18.0 Å². The monoisotopic (exact) mass is 386 g/mol. The van der Waals surface area contributed by atoms with E-state index in [-0.39, 0.29) is 5.82 Å². The minimum absolute atomic E-state index is 0.177. The van der Waals surface area contributed by atoms with Crippen LogP contribution < -0.4 is 19.7 Å². The van der Waals surface area contributed by atoms with Gasteiger partial charge in [-0.15, -0.1) is 0 Å². The highest BCUT2D eigenvalue weighted by Gasteiger charge is 2.21. The fraction of sp³-hybridized carbons (Fsp3) is 0.381. The van der Waals surface area contributed by atoms with Crippen LogP contribution >= 0.6 is 0 Å². The van der Waals surface area contributed by atoms with Crippen LogP contribution in [0.25, 0.3) is 0 Å². The predicted molar refractivity (Wildman–Crippen MR) is 110 cm³/mol. The number of para-hydroxylation sites is 2. The number of aliphatic imine (C=N–C) groups is 1. The molecule has 1 fully saturated rings. The molecular formula is C21H27FN4O2. The van der Waals surface area contributed by atoms with Gasteiger partial charge in [0.05, 0.1) is 19.9 Å². The summed E-state index contributed by atoms with van der Waals surface area (Å²) in [7, 11) is 5.04. The quantitative estimate of drug-likeness (QED) is 0.633. The molecule has 0 spiro atoms. The lowest BCUT2D eigenvalue weighted by Crippen LogP contribution is -2.52. The van der Waals surface area contributed by atoms with Gasteiger partial charge in [-0.25, -0.2) is 4.39 Å². The van der Waals surface area contributed by atoms with E-state index in [1.807, 2.05) is 30.3 Å². The van der Waals surface area contributed by atoms with Crippen molar-refractivity contribution in [2.45, 2.75) is 6.54 Å². The molecular weight excluding hydrogens is 359 g/mol. The van der Waals surface area contributed by atoms with Gasteiger partial charge in [0.15, 0.2) is 17.5 Å². The molecule has 0 amide bonds. The van der Waals surface area contributed by atoms with Gasteiger partial charge in [-0.1, -0.05) is 24.3 Å². The molecule has 2 aromatic rings. The number of halogens is 1. The van der Waals surface area contributed by atoms with Gasteiger partial charge in [0.2, 0.25) is 0 Å². The van der Waals surface area contributed by atoms with Crippen molar-refractivity contribution < 1.29 is 13.9 Å². The molecule has 1 heterocycles. The average molecular weight is 386 g/mol. The first-order valence-electron chi connectivity index (χ1n) is 9.33. The Morgan fingerprint density at radius 3 is 2.43 bits per heavy atom. The normalized spacial score (nSPS) is 14.8. The number of hydrogen-bond donors (Lipinski definition) is 1. The molecule has 0 aliphatic carbocycles. The van der Waals surface area contributed by atoms with E-state index in [1.54, 1.807) is 27.3 Å². The van der Waals surface area contributed by atoms with Crippen molar-refractivity contribution in [2.75, 3.05) is 52.3 Å². The summed E-state index contributed by atoms with van der Waals surface area (Å²) in [5.74, 6) is 2.06. The van der Waals surface area contributed by atoms with Crippen molar-refractivity contribution in [1.29, 1.82) is 0 Å². The molecule has 0 aromatic heterocycles. The summed E-state index contributed by atoms with van der Waals surface area (Å²) in [6.07, 6.45) is 0. The van der Waals surface area contributed by atoms with Crippen molar-refractivity contribution in [3.05, 3.63) is 53.8 Å². The number of guanidine groups is 1. The van der Waals surface area contributed by atoms with Gasteiger partial charge in [-0.2, -0.15) is 0 Å². The average Bonchev–Trinajstić information content (AvgIpc) is 2.74. The highest BCUT2D eigenvalue weighted by Crippen LogP contribution is 2.30. The first-order valence-corrected chi connectivity index (χ1v) is 9.33. The Hall–Kier alpha value is -2.96. The lowest BCUT2D eigenvalue weighted by atomic mass is 10.2. The van der Waals surface area contributed by atoms with Crippen LogP contribution in [0, 0.1) is 5.82 Å². The molecule has 0 unspecified atom stereocenters. The van der Waals surface area contributed by atoms with Crippen LogP contribution in [0.2, 0.25) is 0 Å². The molecule has 1 N–H and O–H groups in total. The molecule has 0 radical (unpaired) electrons. The number of rotatable bonds is 5. The molecule has 0 atom stereocenters. The molecule has 7 heteroatoms. The molecule has 1 saturated heterocycles. The van der Waals surface area contributed by atoms with E-state index in [2.05, 4.69) is 20.1 Å². The summed E-state index contributed by atoms with van der Waals surface area (Å²) in [5.41, 5.74) is 1.65. The lowest BCUT2D eigenvalue weighted by Gasteiger charge is -2.37. The van der Waals surface area contributed by atoms with Gasteiger partial charge >= 0.3 is 0 Å². The molecule has 0 saturated carbocycles. The third-order valence-electron chi connectivity index (χ3n) is 4.91. The van der Waals surface area contributed by atoms with Crippen LogP contribution in [-0.2, 0) is 6.54 Å². The predicted octanol–water partition coefficient (Wildman–Crippen LogP) is 2.74. The highest BCUT2D eigenvalue weighted by atomic mass is 19.1. The van der Waals surface area contributed by atoms with Crippen molar-refractivity contribution in [2.24, 2.45) is 4.99 Å². The van der Waals surface area contributed by atoms with Gasteiger partial charge in [-0.05, 0) is 18.2 Å². The summed E-state index contributed by atoms with van der Waals surface area (Å²) in [4.78, 5) is 8.67. The van der Waals surface area contributed by atoms with Crippen molar-refractivity contribution >= 4 is 11.6 Å². The van der Waals surface area contributed by atoms with Gasteiger partial charge in [0, 0.05) is 45.3 Å². The van der Waals surface area contributed by atoms with E-state index >= 15 is 0 Å². The molecule has 1 aliphatic rings. The zero-order valence-corrected chi connectivity index (χ0v) is 16.6. The second-order valence-corrected chi connectivity index (χ2v) is 6.48. The third-order valence-corrected chi connectivity index (χ3v) is 4.91. The van der Waals surface area contributed by atoms with E-state index in [9.17, 15) is 4.39 Å². The largest absolute Gasteiger partial charge is 0.493 e. The Morgan fingerprint density at radius 2 is 1.79 bits per heavy atom. The number of anilines is 1. The zero-order chi connectivity index (χ0) is 19.9. The summed E-state index contributed by atoms with van der Waals surface area (Å²) >= 11 is 0. The minimum Gasteiger partial charge on any atom is -0.493 e. The van der Waals surface area contributed by atoms with Crippen LogP contribution in [0.5, 0.6) is 11.5 Å². The van der Waals surface area contributed by atoms with Crippen LogP contribution in [0.15, 0.2) is 47.5 Å². The van der Waals surface area contributed by atoms with Crippen LogP contribution in [0.1, 0.15) is 5.56 Å². The van der Waals surface area contributed by atoms with Crippen molar-refractivity contribution in [3.63, 3.8) is 0 Å². The molecule has 0 bridgehead atoms. The number of piperazine rings is 1. The molecule has 2 aromatic carbocycles. The first-order chi connectivity index (χ1) is 13.7. The fourth-order valence-electron chi connectivity index (χ4n) is 3.47. The smallest absolute Gasteiger partial charge is 0.194 e. The Morgan fingerprint density at radius 1 is 1.04 bits per heavy atom. The molecule has 150 valence electrons. The summed E-state index contributed by atoms with van der Waals surface area (Å²) < 4.78 is 24.9. The molecule has 1 aliphatic heterocycles. The Kier molecular flexibility index (Phi) is 6.57. The Labute approximate surface area is 165 Å². The summed E-state index contributed by atoms with van der Waals surface area (Å²) in [5, 5.41) is 3.40. The van der Waals surface area contributed by atoms with E-state index in [0.717, 1.165) is 43.5 Å². The van der Waals surface area contributed by atoms with Crippen molar-refractivity contribution in [3.8, 4) is 11.5 Å². The second kappa shape index (κ2) is 9.30. The van der Waals surface area contributed by atoms with E-state index in [4.69, 9.17) is 9.47 Å². The summed E-state index contributed by atoms with van der Waals surface area (Å²) in [6.45, 7) is 3.58. The zero-order valence-electron chi connectivity index (χ0n) is 16.6. The number of nitrogens with zero attached hydrogens (tertiary/aromatic N) is 3. The first kappa shape index (κ1) is 19.8. The molecule has 6 nitrogen and oxygen atoms in total. The molecule has 28 heavy (non-hydrogen) atoms. The van der Waals surface area contributed by atoms with Crippen LogP contribution in [0.3, 0.4) is 0 Å². The van der Waals surface area contributed by atoms with Crippen LogP contribution in [0.4, 0.5) is 10.1 Å². The number of ether oxygens (including phenoxy) is 2. The topological polar surface area (TPSA) is 49.3 Å².